The maximum atomic E-state index is 4.20. The van der Waals surface area contributed by atoms with Gasteiger partial charge in [0.25, 0.3) is 0 Å². The molecule has 94 valence electrons. The van der Waals surface area contributed by atoms with Gasteiger partial charge in [0.1, 0.15) is 5.82 Å². The summed E-state index contributed by atoms with van der Waals surface area (Å²) in [6.07, 6.45) is 10.3. The van der Waals surface area contributed by atoms with Crippen LogP contribution in [0.4, 0.5) is 11.5 Å². The van der Waals surface area contributed by atoms with Crippen LogP contribution in [0.5, 0.6) is 0 Å². The Balaban J connectivity index is 1.73. The molecule has 3 heteroatoms. The van der Waals surface area contributed by atoms with Crippen LogP contribution >= 0.6 is 0 Å². The van der Waals surface area contributed by atoms with Crippen molar-refractivity contribution in [3.8, 4) is 0 Å². The third-order valence-corrected chi connectivity index (χ3v) is 3.62. The molecule has 1 aliphatic carbocycles. The lowest BCUT2D eigenvalue weighted by atomic mass is 9.87. The fourth-order valence-corrected chi connectivity index (χ4v) is 2.57. The number of hydrogen-bond acceptors (Lipinski definition) is 3. The second kappa shape index (κ2) is 6.48. The molecule has 0 saturated heterocycles. The maximum absolute atomic E-state index is 4.20. The molecule has 0 amide bonds. The third kappa shape index (κ3) is 3.91. The largest absolute Gasteiger partial charge is 0.385 e. The Kier molecular flexibility index (Phi) is 4.65. The van der Waals surface area contributed by atoms with E-state index in [1.54, 1.807) is 0 Å². The fourth-order valence-electron chi connectivity index (χ4n) is 2.57. The van der Waals surface area contributed by atoms with Gasteiger partial charge in [-0.1, -0.05) is 32.1 Å². The molecule has 1 aromatic rings. The Morgan fingerprint density at radius 1 is 1.29 bits per heavy atom. The van der Waals surface area contributed by atoms with Crippen molar-refractivity contribution in [2.75, 3.05) is 24.2 Å². The zero-order chi connectivity index (χ0) is 11.9. The van der Waals surface area contributed by atoms with Gasteiger partial charge in [-0.3, -0.25) is 0 Å². The number of rotatable bonds is 5. The Hall–Kier alpha value is -1.25. The van der Waals surface area contributed by atoms with Crippen LogP contribution < -0.4 is 10.6 Å². The highest BCUT2D eigenvalue weighted by molar-refractivity contribution is 5.51. The molecule has 2 N–H and O–H groups in total. The van der Waals surface area contributed by atoms with Crippen molar-refractivity contribution >= 4 is 11.5 Å². The molecular weight excluding hydrogens is 210 g/mol. The van der Waals surface area contributed by atoms with Gasteiger partial charge < -0.3 is 10.6 Å². The first kappa shape index (κ1) is 12.2. The van der Waals surface area contributed by atoms with Crippen molar-refractivity contribution in [3.05, 3.63) is 18.3 Å². The van der Waals surface area contributed by atoms with Crippen LogP contribution in [0.3, 0.4) is 0 Å². The molecule has 1 saturated carbocycles. The van der Waals surface area contributed by atoms with Crippen LogP contribution in [0.2, 0.25) is 0 Å². The van der Waals surface area contributed by atoms with E-state index in [0.29, 0.717) is 0 Å². The van der Waals surface area contributed by atoms with Crippen LogP contribution in [-0.4, -0.2) is 18.6 Å². The SMILES string of the molecule is CNc1cc(NCCC2CCCCC2)ccn1. The van der Waals surface area contributed by atoms with Crippen molar-refractivity contribution in [2.45, 2.75) is 38.5 Å². The molecule has 0 radical (unpaired) electrons. The van der Waals surface area contributed by atoms with E-state index in [0.717, 1.165) is 18.3 Å². The molecule has 0 atom stereocenters. The lowest BCUT2D eigenvalue weighted by molar-refractivity contribution is 0.345. The minimum Gasteiger partial charge on any atom is -0.385 e. The smallest absolute Gasteiger partial charge is 0.127 e. The summed E-state index contributed by atoms with van der Waals surface area (Å²) in [6.45, 7) is 1.08. The van der Waals surface area contributed by atoms with Gasteiger partial charge in [0.15, 0.2) is 0 Å². The van der Waals surface area contributed by atoms with Crippen LogP contribution in [0.25, 0.3) is 0 Å². The monoisotopic (exact) mass is 233 g/mol. The van der Waals surface area contributed by atoms with E-state index in [2.05, 4.69) is 21.7 Å². The van der Waals surface area contributed by atoms with Crippen molar-refractivity contribution in [3.63, 3.8) is 0 Å². The summed E-state index contributed by atoms with van der Waals surface area (Å²) in [6, 6.07) is 4.09. The highest BCUT2D eigenvalue weighted by atomic mass is 15.0. The van der Waals surface area contributed by atoms with Gasteiger partial charge in [-0.2, -0.15) is 0 Å². The van der Waals surface area contributed by atoms with Crippen molar-refractivity contribution in [1.82, 2.24) is 4.98 Å². The van der Waals surface area contributed by atoms with Gasteiger partial charge in [0, 0.05) is 31.5 Å². The van der Waals surface area contributed by atoms with Gasteiger partial charge in [-0.05, 0) is 18.4 Å². The van der Waals surface area contributed by atoms with Gasteiger partial charge in [-0.25, -0.2) is 4.98 Å². The summed E-state index contributed by atoms with van der Waals surface area (Å²) in [5.41, 5.74) is 1.17. The molecule has 17 heavy (non-hydrogen) atoms. The summed E-state index contributed by atoms with van der Waals surface area (Å²) in [5.74, 6) is 1.87. The molecule has 0 aliphatic heterocycles. The van der Waals surface area contributed by atoms with Gasteiger partial charge in [0.05, 0.1) is 0 Å². The molecule has 0 spiro atoms. The highest BCUT2D eigenvalue weighted by Gasteiger charge is 2.12. The first-order valence-corrected chi connectivity index (χ1v) is 6.76. The molecule has 1 aliphatic rings. The number of nitrogens with zero attached hydrogens (tertiary/aromatic N) is 1. The average Bonchev–Trinajstić information content (AvgIpc) is 2.40. The van der Waals surface area contributed by atoms with E-state index in [1.165, 1.54) is 44.2 Å². The number of pyridine rings is 1. The number of anilines is 2. The number of aromatic nitrogens is 1. The van der Waals surface area contributed by atoms with Gasteiger partial charge in [0.2, 0.25) is 0 Å². The van der Waals surface area contributed by atoms with E-state index < -0.39 is 0 Å². The van der Waals surface area contributed by atoms with Crippen molar-refractivity contribution in [2.24, 2.45) is 5.92 Å². The normalized spacial score (nSPS) is 16.8. The van der Waals surface area contributed by atoms with Crippen LogP contribution in [-0.2, 0) is 0 Å². The molecule has 0 aromatic carbocycles. The summed E-state index contributed by atoms with van der Waals surface area (Å²) in [7, 11) is 1.90. The molecule has 1 aromatic heterocycles. The topological polar surface area (TPSA) is 37.0 Å². The number of nitrogens with one attached hydrogen (secondary N) is 2. The second-order valence-corrected chi connectivity index (χ2v) is 4.90. The lowest BCUT2D eigenvalue weighted by Crippen LogP contribution is -2.12. The van der Waals surface area contributed by atoms with Crippen molar-refractivity contribution < 1.29 is 0 Å². The van der Waals surface area contributed by atoms with E-state index in [9.17, 15) is 0 Å². The molecule has 3 nitrogen and oxygen atoms in total. The third-order valence-electron chi connectivity index (χ3n) is 3.62. The summed E-state index contributed by atoms with van der Waals surface area (Å²) in [4.78, 5) is 4.20. The second-order valence-electron chi connectivity index (χ2n) is 4.90. The lowest BCUT2D eigenvalue weighted by Gasteiger charge is -2.21. The average molecular weight is 233 g/mol. The zero-order valence-electron chi connectivity index (χ0n) is 10.7. The van der Waals surface area contributed by atoms with E-state index in [1.807, 2.05) is 19.3 Å². The Morgan fingerprint density at radius 2 is 2.12 bits per heavy atom. The molecule has 0 unspecified atom stereocenters. The summed E-state index contributed by atoms with van der Waals surface area (Å²) < 4.78 is 0. The van der Waals surface area contributed by atoms with Crippen molar-refractivity contribution in [1.29, 1.82) is 0 Å². The zero-order valence-corrected chi connectivity index (χ0v) is 10.7. The van der Waals surface area contributed by atoms with E-state index in [4.69, 9.17) is 0 Å². The van der Waals surface area contributed by atoms with E-state index >= 15 is 0 Å². The molecule has 0 bridgehead atoms. The first-order valence-electron chi connectivity index (χ1n) is 6.76. The maximum Gasteiger partial charge on any atom is 0.127 e. The standard InChI is InChI=1S/C14H23N3/c1-15-14-11-13(8-10-17-14)16-9-7-12-5-3-2-4-6-12/h8,10-12H,2-7,9H2,1H3,(H2,15,16,17). The van der Waals surface area contributed by atoms with Crippen LogP contribution in [0.1, 0.15) is 38.5 Å². The Morgan fingerprint density at radius 3 is 2.88 bits per heavy atom. The van der Waals surface area contributed by atoms with Gasteiger partial charge >= 0.3 is 0 Å². The highest BCUT2D eigenvalue weighted by Crippen LogP contribution is 2.26. The Labute approximate surface area is 104 Å². The van der Waals surface area contributed by atoms with Crippen LogP contribution in [0.15, 0.2) is 18.3 Å². The van der Waals surface area contributed by atoms with Crippen LogP contribution in [0, 0.1) is 5.92 Å². The quantitative estimate of drug-likeness (QED) is 0.817. The summed E-state index contributed by atoms with van der Waals surface area (Å²) >= 11 is 0. The number of hydrogen-bond donors (Lipinski definition) is 2. The predicted molar refractivity (Wildman–Crippen MR) is 73.5 cm³/mol. The summed E-state index contributed by atoms with van der Waals surface area (Å²) in [5, 5.41) is 6.54. The fraction of sp³-hybridized carbons (Fsp3) is 0.643. The molecular formula is C14H23N3. The predicted octanol–water partition coefficient (Wildman–Crippen LogP) is 3.51. The minimum absolute atomic E-state index is 0.924. The molecule has 1 fully saturated rings. The first-order chi connectivity index (χ1) is 8.38. The molecule has 1 heterocycles. The minimum atomic E-state index is 0.924. The van der Waals surface area contributed by atoms with E-state index in [-0.39, 0.29) is 0 Å². The van der Waals surface area contributed by atoms with Gasteiger partial charge in [-0.15, -0.1) is 0 Å². The molecule has 2 rings (SSSR count). The Bertz CT molecular complexity index is 332.